The summed E-state index contributed by atoms with van der Waals surface area (Å²) in [4.78, 5) is 52.6. The fourth-order valence-electron chi connectivity index (χ4n) is 5.09. The number of benzene rings is 1. The number of piperidine rings is 1. The second-order valence-corrected chi connectivity index (χ2v) is 12.3. The van der Waals surface area contributed by atoms with E-state index in [1.807, 2.05) is 0 Å². The molecule has 1 aromatic carbocycles. The first-order valence-electron chi connectivity index (χ1n) is 13.2. The lowest BCUT2D eigenvalue weighted by Gasteiger charge is -2.36. The fourth-order valence-corrected chi connectivity index (χ4v) is 5.09. The molecule has 39 heavy (non-hydrogen) atoms. The lowest BCUT2D eigenvalue weighted by Crippen LogP contribution is -2.46. The summed E-state index contributed by atoms with van der Waals surface area (Å²) in [5.41, 5.74) is 4.89. The van der Waals surface area contributed by atoms with Gasteiger partial charge in [0.1, 0.15) is 29.2 Å². The predicted octanol–water partition coefficient (Wildman–Crippen LogP) is 4.13. The van der Waals surface area contributed by atoms with Gasteiger partial charge in [-0.25, -0.2) is 13.6 Å². The van der Waals surface area contributed by atoms with Crippen molar-refractivity contribution in [2.24, 2.45) is 5.73 Å². The minimum Gasteiger partial charge on any atom is -0.460 e. The van der Waals surface area contributed by atoms with E-state index in [0.29, 0.717) is 5.56 Å². The third kappa shape index (κ3) is 7.05. The SMILES string of the molecule is Cc1cc([C@@H]2CCN(C(=O)OC(C)(C)C)C[C@@H]2F)c(F)c2c1C(=O)N([C@@H](CCC(=O)OC(C)(C)C)C(N)=O)C2. The average molecular weight is 552 g/mol. The molecule has 2 aliphatic heterocycles. The minimum atomic E-state index is -1.54. The number of ether oxygens (including phenoxy) is 2. The van der Waals surface area contributed by atoms with Crippen molar-refractivity contribution in [3.63, 3.8) is 0 Å². The van der Waals surface area contributed by atoms with Crippen molar-refractivity contribution in [2.75, 3.05) is 13.1 Å². The second-order valence-electron chi connectivity index (χ2n) is 12.3. The van der Waals surface area contributed by atoms with Crippen LogP contribution in [0.15, 0.2) is 6.07 Å². The summed E-state index contributed by atoms with van der Waals surface area (Å²) < 4.78 is 41.8. The number of hydrogen-bond donors (Lipinski definition) is 1. The lowest BCUT2D eigenvalue weighted by atomic mass is 9.84. The number of nitrogens with two attached hydrogens (primary N) is 1. The van der Waals surface area contributed by atoms with Crippen LogP contribution in [0.4, 0.5) is 13.6 Å². The van der Waals surface area contributed by atoms with E-state index in [2.05, 4.69) is 0 Å². The van der Waals surface area contributed by atoms with E-state index in [4.69, 9.17) is 15.2 Å². The lowest BCUT2D eigenvalue weighted by molar-refractivity contribution is -0.155. The zero-order valence-corrected chi connectivity index (χ0v) is 23.7. The zero-order chi connectivity index (χ0) is 29.4. The molecule has 1 saturated heterocycles. The number of carbonyl (C=O) groups is 4. The predicted molar refractivity (Wildman–Crippen MR) is 139 cm³/mol. The molecule has 3 amide bonds. The molecule has 2 heterocycles. The van der Waals surface area contributed by atoms with Crippen molar-refractivity contribution < 1.29 is 37.4 Å². The molecule has 11 heteroatoms. The number of amides is 3. The fraction of sp³-hybridized carbons (Fsp3) is 0.643. The summed E-state index contributed by atoms with van der Waals surface area (Å²) in [5.74, 6) is -3.47. The average Bonchev–Trinajstić information content (AvgIpc) is 3.11. The molecular formula is C28H39F2N3O6. The highest BCUT2D eigenvalue weighted by molar-refractivity contribution is 6.02. The first-order chi connectivity index (χ1) is 17.9. The standard InChI is InChI=1S/C28H39F2N3O6/c1-15-12-17(16-10-11-32(14-19(16)29)26(37)39-28(5,6)7)23(30)18-13-33(25(36)22(15)18)20(24(31)35)8-9-21(34)38-27(2,3)4/h12,16,19-20H,8-11,13-14H2,1-7H3,(H2,31,35)/t16-,19-,20-/m0/s1. The van der Waals surface area contributed by atoms with E-state index in [1.54, 1.807) is 48.5 Å². The molecular weight excluding hydrogens is 512 g/mol. The summed E-state index contributed by atoms with van der Waals surface area (Å²) in [5, 5.41) is 0. The van der Waals surface area contributed by atoms with Gasteiger partial charge in [-0.1, -0.05) is 6.07 Å². The largest absolute Gasteiger partial charge is 0.460 e. The topological polar surface area (TPSA) is 119 Å². The van der Waals surface area contributed by atoms with Crippen LogP contribution < -0.4 is 5.73 Å². The number of nitrogens with zero attached hydrogens (tertiary/aromatic N) is 2. The number of alkyl halides is 1. The number of hydrogen-bond acceptors (Lipinski definition) is 6. The van der Waals surface area contributed by atoms with E-state index < -0.39 is 59.0 Å². The molecule has 1 aromatic rings. The van der Waals surface area contributed by atoms with Crippen LogP contribution in [0.25, 0.3) is 0 Å². The molecule has 9 nitrogen and oxygen atoms in total. The van der Waals surface area contributed by atoms with Crippen molar-refractivity contribution in [2.45, 2.75) is 104 Å². The Hall–Kier alpha value is -3.24. The van der Waals surface area contributed by atoms with Gasteiger partial charge < -0.3 is 25.0 Å². The van der Waals surface area contributed by atoms with Gasteiger partial charge in [0, 0.05) is 24.4 Å². The summed E-state index contributed by atoms with van der Waals surface area (Å²) in [6.45, 7) is 11.6. The number of rotatable bonds is 6. The molecule has 0 unspecified atom stereocenters. The molecule has 0 bridgehead atoms. The van der Waals surface area contributed by atoms with Crippen LogP contribution >= 0.6 is 0 Å². The minimum absolute atomic E-state index is 0.0697. The Morgan fingerprint density at radius 3 is 2.28 bits per heavy atom. The smallest absolute Gasteiger partial charge is 0.410 e. The van der Waals surface area contributed by atoms with E-state index >= 15 is 8.78 Å². The van der Waals surface area contributed by atoms with Crippen molar-refractivity contribution >= 4 is 23.9 Å². The van der Waals surface area contributed by atoms with Crippen molar-refractivity contribution in [3.05, 3.63) is 34.1 Å². The molecule has 2 N–H and O–H groups in total. The Morgan fingerprint density at radius 2 is 1.74 bits per heavy atom. The number of fused-ring (bicyclic) bond motifs is 1. The van der Waals surface area contributed by atoms with Gasteiger partial charge in [-0.05, 0) is 72.4 Å². The van der Waals surface area contributed by atoms with Crippen LogP contribution in [-0.2, 0) is 25.6 Å². The van der Waals surface area contributed by atoms with Gasteiger partial charge in [0.2, 0.25) is 5.91 Å². The molecule has 3 atom stereocenters. The van der Waals surface area contributed by atoms with Crippen LogP contribution in [0.2, 0.25) is 0 Å². The quantitative estimate of drug-likeness (QED) is 0.531. The summed E-state index contributed by atoms with van der Waals surface area (Å²) in [6.07, 6.45) is -2.23. The van der Waals surface area contributed by atoms with Gasteiger partial charge in [-0.3, -0.25) is 14.4 Å². The van der Waals surface area contributed by atoms with E-state index in [0.717, 1.165) is 4.90 Å². The molecule has 0 radical (unpaired) electrons. The highest BCUT2D eigenvalue weighted by Crippen LogP contribution is 2.39. The van der Waals surface area contributed by atoms with E-state index in [9.17, 15) is 19.2 Å². The summed E-state index contributed by atoms with van der Waals surface area (Å²) in [6, 6.07) is 0.321. The van der Waals surface area contributed by atoms with Gasteiger partial charge in [0.05, 0.1) is 18.7 Å². The number of aryl methyl sites for hydroxylation is 1. The first-order valence-corrected chi connectivity index (χ1v) is 13.2. The molecule has 0 aromatic heterocycles. The molecule has 1 fully saturated rings. The Labute approximate surface area is 228 Å². The van der Waals surface area contributed by atoms with Gasteiger partial charge >= 0.3 is 12.1 Å². The van der Waals surface area contributed by atoms with Crippen LogP contribution in [0, 0.1) is 12.7 Å². The van der Waals surface area contributed by atoms with Crippen LogP contribution in [0.1, 0.15) is 93.8 Å². The Morgan fingerprint density at radius 1 is 1.13 bits per heavy atom. The molecule has 0 spiro atoms. The van der Waals surface area contributed by atoms with Crippen molar-refractivity contribution in [3.8, 4) is 0 Å². The van der Waals surface area contributed by atoms with Crippen LogP contribution in [-0.4, -0.2) is 70.2 Å². The van der Waals surface area contributed by atoms with Gasteiger partial charge in [0.15, 0.2) is 0 Å². The summed E-state index contributed by atoms with van der Waals surface area (Å²) in [7, 11) is 0. The highest BCUT2D eigenvalue weighted by Gasteiger charge is 2.42. The molecule has 216 valence electrons. The number of primary amides is 1. The maximum Gasteiger partial charge on any atom is 0.410 e. The number of esters is 1. The first kappa shape index (κ1) is 30.3. The highest BCUT2D eigenvalue weighted by atomic mass is 19.1. The van der Waals surface area contributed by atoms with Gasteiger partial charge in [-0.2, -0.15) is 0 Å². The van der Waals surface area contributed by atoms with E-state index in [1.165, 1.54) is 11.0 Å². The molecule has 2 aliphatic rings. The zero-order valence-electron chi connectivity index (χ0n) is 23.7. The third-order valence-electron chi connectivity index (χ3n) is 6.73. The maximum atomic E-state index is 15.9. The monoisotopic (exact) mass is 551 g/mol. The molecule has 0 saturated carbocycles. The number of halogens is 2. The Bertz CT molecular complexity index is 1160. The number of carbonyl (C=O) groups excluding carboxylic acids is 4. The molecule has 3 rings (SSSR count). The Balaban J connectivity index is 1.80. The van der Waals surface area contributed by atoms with Crippen molar-refractivity contribution in [1.82, 2.24) is 9.80 Å². The van der Waals surface area contributed by atoms with Gasteiger partial charge in [0.25, 0.3) is 5.91 Å². The maximum absolute atomic E-state index is 15.9. The third-order valence-corrected chi connectivity index (χ3v) is 6.73. The Kier molecular flexibility index (Phi) is 8.62. The van der Waals surface area contributed by atoms with E-state index in [-0.39, 0.29) is 55.6 Å². The van der Waals surface area contributed by atoms with Crippen LogP contribution in [0.5, 0.6) is 0 Å². The normalized spacial score (nSPS) is 20.5. The molecule has 0 aliphatic carbocycles. The van der Waals surface area contributed by atoms with Crippen LogP contribution in [0.3, 0.4) is 0 Å². The van der Waals surface area contributed by atoms with Gasteiger partial charge in [-0.15, -0.1) is 0 Å². The summed E-state index contributed by atoms with van der Waals surface area (Å²) >= 11 is 0. The number of likely N-dealkylation sites (tertiary alicyclic amines) is 1. The van der Waals surface area contributed by atoms with Crippen molar-refractivity contribution in [1.29, 1.82) is 0 Å². The second kappa shape index (κ2) is 11.1.